The lowest BCUT2D eigenvalue weighted by molar-refractivity contribution is 0.0436. The van der Waals surface area contributed by atoms with E-state index in [0.717, 1.165) is 0 Å². The van der Waals surface area contributed by atoms with Gasteiger partial charge < -0.3 is 9.84 Å². The Morgan fingerprint density at radius 2 is 1.91 bits per heavy atom. The zero-order valence-electron chi connectivity index (χ0n) is 11.8. The van der Waals surface area contributed by atoms with Gasteiger partial charge in [0.15, 0.2) is 0 Å². The minimum Gasteiger partial charge on any atom is -0.460 e. The van der Waals surface area contributed by atoms with Gasteiger partial charge in [-0.15, -0.1) is 0 Å². The third-order valence-electron chi connectivity index (χ3n) is 3.19. The Labute approximate surface area is 127 Å². The number of benzene rings is 1. The van der Waals surface area contributed by atoms with E-state index in [4.69, 9.17) is 9.84 Å². The van der Waals surface area contributed by atoms with Gasteiger partial charge in [0.25, 0.3) is 0 Å². The van der Waals surface area contributed by atoms with Gasteiger partial charge in [0, 0.05) is 11.6 Å². The van der Waals surface area contributed by atoms with Crippen LogP contribution in [0.5, 0.6) is 0 Å². The van der Waals surface area contributed by atoms with Crippen LogP contribution in [0.15, 0.2) is 54.7 Å². The first-order valence-corrected chi connectivity index (χ1v) is 6.89. The minimum absolute atomic E-state index is 0.0333. The van der Waals surface area contributed by atoms with Crippen LogP contribution in [0.1, 0.15) is 10.4 Å². The van der Waals surface area contributed by atoms with Crippen LogP contribution in [-0.4, -0.2) is 34.3 Å². The molecular formula is C17H14N2O3. The highest BCUT2D eigenvalue weighted by Crippen LogP contribution is 2.24. The molecule has 0 saturated carbocycles. The molecule has 0 bridgehead atoms. The van der Waals surface area contributed by atoms with Gasteiger partial charge in [0.05, 0.1) is 29.1 Å². The molecule has 0 atom stereocenters. The van der Waals surface area contributed by atoms with Crippen molar-refractivity contribution in [3.63, 3.8) is 0 Å². The third kappa shape index (κ3) is 2.80. The van der Waals surface area contributed by atoms with Crippen molar-refractivity contribution < 1.29 is 14.6 Å². The molecule has 0 saturated heterocycles. The smallest absolute Gasteiger partial charge is 0.338 e. The molecule has 3 rings (SSSR count). The molecule has 0 aliphatic heterocycles. The normalized spacial score (nSPS) is 10.6. The summed E-state index contributed by atoms with van der Waals surface area (Å²) >= 11 is 0. The fraction of sp³-hybridized carbons (Fsp3) is 0.118. The van der Waals surface area contributed by atoms with E-state index in [-0.39, 0.29) is 13.2 Å². The Kier molecular flexibility index (Phi) is 4.07. The fourth-order valence-electron chi connectivity index (χ4n) is 2.21. The molecule has 5 heteroatoms. The van der Waals surface area contributed by atoms with Crippen molar-refractivity contribution >= 4 is 16.9 Å². The second kappa shape index (κ2) is 6.32. The number of carbonyl (C=O) groups is 1. The largest absolute Gasteiger partial charge is 0.460 e. The quantitative estimate of drug-likeness (QED) is 0.748. The van der Waals surface area contributed by atoms with Crippen LogP contribution in [0.3, 0.4) is 0 Å². The molecule has 0 spiro atoms. The summed E-state index contributed by atoms with van der Waals surface area (Å²) in [5.41, 5.74) is 2.40. The maximum Gasteiger partial charge on any atom is 0.338 e. The molecule has 2 heterocycles. The maximum absolute atomic E-state index is 12.2. The van der Waals surface area contributed by atoms with E-state index in [1.54, 1.807) is 12.3 Å². The molecule has 3 aromatic rings. The number of esters is 1. The van der Waals surface area contributed by atoms with Gasteiger partial charge in [0.2, 0.25) is 0 Å². The first-order chi connectivity index (χ1) is 10.8. The topological polar surface area (TPSA) is 72.3 Å². The molecule has 5 nitrogen and oxygen atoms in total. The van der Waals surface area contributed by atoms with Crippen LogP contribution in [0.2, 0.25) is 0 Å². The molecule has 0 radical (unpaired) electrons. The van der Waals surface area contributed by atoms with Crippen LogP contribution in [-0.2, 0) is 4.74 Å². The fourth-order valence-corrected chi connectivity index (χ4v) is 2.21. The molecule has 110 valence electrons. The highest BCUT2D eigenvalue weighted by Gasteiger charge is 2.15. The highest BCUT2D eigenvalue weighted by molar-refractivity contribution is 6.04. The SMILES string of the molecule is O=C(OCCO)c1cc(-c2ccccn2)nc2ccccc12. The predicted molar refractivity (Wildman–Crippen MR) is 82.3 cm³/mol. The second-order valence-electron chi connectivity index (χ2n) is 4.65. The molecule has 22 heavy (non-hydrogen) atoms. The number of pyridine rings is 2. The molecule has 2 aromatic heterocycles. The van der Waals surface area contributed by atoms with Gasteiger partial charge in [0.1, 0.15) is 6.61 Å². The van der Waals surface area contributed by atoms with E-state index >= 15 is 0 Å². The number of carbonyl (C=O) groups excluding carboxylic acids is 1. The summed E-state index contributed by atoms with van der Waals surface area (Å²) in [7, 11) is 0. The summed E-state index contributed by atoms with van der Waals surface area (Å²) in [4.78, 5) is 21.0. The van der Waals surface area contributed by atoms with Crippen molar-refractivity contribution in [1.29, 1.82) is 0 Å². The molecule has 0 aliphatic rings. The molecule has 0 aliphatic carbocycles. The van der Waals surface area contributed by atoms with Gasteiger partial charge in [-0.1, -0.05) is 24.3 Å². The number of aromatic nitrogens is 2. The number of fused-ring (bicyclic) bond motifs is 1. The number of para-hydroxylation sites is 1. The lowest BCUT2D eigenvalue weighted by Gasteiger charge is -2.09. The number of nitrogens with zero attached hydrogens (tertiary/aromatic N) is 2. The second-order valence-corrected chi connectivity index (χ2v) is 4.65. The Balaban J connectivity index is 2.14. The first kappa shape index (κ1) is 14.2. The average molecular weight is 294 g/mol. The number of rotatable bonds is 4. The van der Waals surface area contributed by atoms with Crippen molar-refractivity contribution in [3.05, 3.63) is 60.3 Å². The Bertz CT molecular complexity index is 803. The number of ether oxygens (including phenoxy) is 1. The van der Waals surface area contributed by atoms with E-state index < -0.39 is 5.97 Å². The molecule has 1 N–H and O–H groups in total. The van der Waals surface area contributed by atoms with Crippen molar-refractivity contribution in [2.24, 2.45) is 0 Å². The Hall–Kier alpha value is -2.79. The molecule has 1 aromatic carbocycles. The first-order valence-electron chi connectivity index (χ1n) is 6.89. The lowest BCUT2D eigenvalue weighted by Crippen LogP contribution is -2.10. The van der Waals surface area contributed by atoms with E-state index in [2.05, 4.69) is 9.97 Å². The average Bonchev–Trinajstić information content (AvgIpc) is 2.59. The Morgan fingerprint density at radius 3 is 2.68 bits per heavy atom. The van der Waals surface area contributed by atoms with Crippen molar-refractivity contribution in [2.75, 3.05) is 13.2 Å². The Morgan fingerprint density at radius 1 is 1.09 bits per heavy atom. The van der Waals surface area contributed by atoms with E-state index in [1.807, 2.05) is 42.5 Å². The van der Waals surface area contributed by atoms with Crippen molar-refractivity contribution in [3.8, 4) is 11.4 Å². The predicted octanol–water partition coefficient (Wildman–Crippen LogP) is 2.45. The van der Waals surface area contributed by atoms with Crippen LogP contribution >= 0.6 is 0 Å². The van der Waals surface area contributed by atoms with Crippen molar-refractivity contribution in [2.45, 2.75) is 0 Å². The zero-order valence-corrected chi connectivity index (χ0v) is 11.8. The molecule has 0 unspecified atom stereocenters. The summed E-state index contributed by atoms with van der Waals surface area (Å²) in [5, 5.41) is 9.52. The molecule has 0 amide bonds. The van der Waals surface area contributed by atoms with Crippen LogP contribution < -0.4 is 0 Å². The van der Waals surface area contributed by atoms with Crippen LogP contribution in [0.25, 0.3) is 22.3 Å². The summed E-state index contributed by atoms with van der Waals surface area (Å²) in [6.07, 6.45) is 1.68. The number of hydrogen-bond donors (Lipinski definition) is 1. The van der Waals surface area contributed by atoms with E-state index in [1.165, 1.54) is 0 Å². The summed E-state index contributed by atoms with van der Waals surface area (Å²) < 4.78 is 5.04. The number of aliphatic hydroxyl groups is 1. The third-order valence-corrected chi connectivity index (χ3v) is 3.19. The minimum atomic E-state index is -0.482. The summed E-state index contributed by atoms with van der Waals surface area (Å²) in [5.74, 6) is -0.482. The van der Waals surface area contributed by atoms with Gasteiger partial charge in [-0.2, -0.15) is 0 Å². The van der Waals surface area contributed by atoms with Crippen LogP contribution in [0, 0.1) is 0 Å². The standard InChI is InChI=1S/C17H14N2O3/c20-9-10-22-17(21)13-11-16(15-7-3-4-8-18-15)19-14-6-2-1-5-12(13)14/h1-8,11,20H,9-10H2. The maximum atomic E-state index is 12.2. The van der Waals surface area contributed by atoms with Crippen LogP contribution in [0.4, 0.5) is 0 Å². The molecular weight excluding hydrogens is 280 g/mol. The van der Waals surface area contributed by atoms with Crippen molar-refractivity contribution in [1.82, 2.24) is 9.97 Å². The van der Waals surface area contributed by atoms with Gasteiger partial charge in [-0.05, 0) is 24.3 Å². The monoisotopic (exact) mass is 294 g/mol. The zero-order chi connectivity index (χ0) is 15.4. The number of aliphatic hydroxyl groups excluding tert-OH is 1. The highest BCUT2D eigenvalue weighted by atomic mass is 16.5. The van der Waals surface area contributed by atoms with E-state index in [9.17, 15) is 4.79 Å². The van der Waals surface area contributed by atoms with Gasteiger partial charge >= 0.3 is 5.97 Å². The summed E-state index contributed by atoms with van der Waals surface area (Å²) in [6, 6.07) is 14.5. The van der Waals surface area contributed by atoms with E-state index in [0.29, 0.717) is 27.9 Å². The number of hydrogen-bond acceptors (Lipinski definition) is 5. The van der Waals surface area contributed by atoms with Gasteiger partial charge in [-0.3, -0.25) is 4.98 Å². The lowest BCUT2D eigenvalue weighted by atomic mass is 10.1. The molecule has 0 fully saturated rings. The summed E-state index contributed by atoms with van der Waals surface area (Å²) in [6.45, 7) is -0.240. The van der Waals surface area contributed by atoms with Gasteiger partial charge in [-0.25, -0.2) is 9.78 Å².